The highest BCUT2D eigenvalue weighted by atomic mass is 15.2. The number of para-hydroxylation sites is 1. The molecule has 1 aliphatic heterocycles. The van der Waals surface area contributed by atoms with Crippen LogP contribution in [0.5, 0.6) is 0 Å². The van der Waals surface area contributed by atoms with E-state index in [1.807, 2.05) is 0 Å². The van der Waals surface area contributed by atoms with E-state index in [-0.39, 0.29) is 0 Å². The quantitative estimate of drug-likeness (QED) is 0.765. The molecule has 0 aromatic heterocycles. The van der Waals surface area contributed by atoms with Crippen LogP contribution in [-0.4, -0.2) is 6.54 Å². The second-order valence-electron chi connectivity index (χ2n) is 4.64. The maximum atomic E-state index is 2.47. The highest BCUT2D eigenvalue weighted by Gasteiger charge is 2.20. The molecule has 0 aliphatic carbocycles. The third-order valence-electron chi connectivity index (χ3n) is 3.43. The Morgan fingerprint density at radius 2 is 1.65 bits per heavy atom. The van der Waals surface area contributed by atoms with Gasteiger partial charge in [0.25, 0.3) is 0 Å². The summed E-state index contributed by atoms with van der Waals surface area (Å²) in [6.07, 6.45) is 2.41. The molecule has 0 bridgehead atoms. The standard InChI is InChI=1S/C16H17N/c1-2-7-14(8-3-1)9-6-12-17-13-15-10-4-5-11-16(15)17/h1-5,7-8,10-11H,6,9,12-13H2. The molecule has 3 rings (SSSR count). The molecule has 0 amide bonds. The van der Waals surface area contributed by atoms with Crippen LogP contribution in [0, 0.1) is 0 Å². The number of fused-ring (bicyclic) bond motifs is 1. The zero-order valence-corrected chi connectivity index (χ0v) is 9.97. The Bertz CT molecular complexity index is 490. The van der Waals surface area contributed by atoms with Gasteiger partial charge in [0.1, 0.15) is 0 Å². The first-order valence-electron chi connectivity index (χ1n) is 6.30. The molecule has 17 heavy (non-hydrogen) atoms. The van der Waals surface area contributed by atoms with E-state index >= 15 is 0 Å². The molecule has 0 N–H and O–H groups in total. The summed E-state index contributed by atoms with van der Waals surface area (Å²) < 4.78 is 0. The van der Waals surface area contributed by atoms with Crippen molar-refractivity contribution in [2.24, 2.45) is 0 Å². The fraction of sp³-hybridized carbons (Fsp3) is 0.250. The van der Waals surface area contributed by atoms with Gasteiger partial charge in [0, 0.05) is 18.8 Å². The van der Waals surface area contributed by atoms with Crippen LogP contribution in [0.1, 0.15) is 17.5 Å². The number of nitrogens with zero attached hydrogens (tertiary/aromatic N) is 1. The van der Waals surface area contributed by atoms with Crippen molar-refractivity contribution >= 4 is 5.69 Å². The molecular weight excluding hydrogens is 206 g/mol. The lowest BCUT2D eigenvalue weighted by molar-refractivity contribution is 0.687. The van der Waals surface area contributed by atoms with E-state index < -0.39 is 0 Å². The molecule has 0 radical (unpaired) electrons. The van der Waals surface area contributed by atoms with Gasteiger partial charge in [0.15, 0.2) is 0 Å². The first-order chi connectivity index (χ1) is 8.43. The van der Waals surface area contributed by atoms with Gasteiger partial charge in [-0.1, -0.05) is 48.5 Å². The van der Waals surface area contributed by atoms with E-state index in [4.69, 9.17) is 0 Å². The number of anilines is 1. The number of hydrogen-bond acceptors (Lipinski definition) is 1. The highest BCUT2D eigenvalue weighted by Crippen LogP contribution is 2.32. The van der Waals surface area contributed by atoms with Crippen LogP contribution in [0.4, 0.5) is 5.69 Å². The van der Waals surface area contributed by atoms with Crippen molar-refractivity contribution in [3.63, 3.8) is 0 Å². The Morgan fingerprint density at radius 1 is 0.882 bits per heavy atom. The average Bonchev–Trinajstić information content (AvgIpc) is 2.36. The lowest BCUT2D eigenvalue weighted by Crippen LogP contribution is -2.33. The Labute approximate surface area is 103 Å². The van der Waals surface area contributed by atoms with Crippen LogP contribution in [0.3, 0.4) is 0 Å². The van der Waals surface area contributed by atoms with Crippen molar-refractivity contribution in [2.45, 2.75) is 19.4 Å². The molecule has 1 heterocycles. The minimum atomic E-state index is 1.13. The summed E-state index contributed by atoms with van der Waals surface area (Å²) in [5, 5.41) is 0. The fourth-order valence-corrected chi connectivity index (χ4v) is 2.47. The van der Waals surface area contributed by atoms with Crippen LogP contribution in [-0.2, 0) is 13.0 Å². The van der Waals surface area contributed by atoms with Gasteiger partial charge in [-0.3, -0.25) is 0 Å². The molecular formula is C16H17N. The Morgan fingerprint density at radius 3 is 2.47 bits per heavy atom. The van der Waals surface area contributed by atoms with E-state index in [1.54, 1.807) is 0 Å². The first kappa shape index (κ1) is 10.4. The van der Waals surface area contributed by atoms with Crippen molar-refractivity contribution in [1.82, 2.24) is 0 Å². The third-order valence-corrected chi connectivity index (χ3v) is 3.43. The molecule has 0 unspecified atom stereocenters. The predicted octanol–water partition coefficient (Wildman–Crippen LogP) is 3.64. The van der Waals surface area contributed by atoms with Crippen molar-refractivity contribution in [3.8, 4) is 0 Å². The average molecular weight is 223 g/mol. The zero-order chi connectivity index (χ0) is 11.5. The summed E-state index contributed by atoms with van der Waals surface area (Å²) >= 11 is 0. The monoisotopic (exact) mass is 223 g/mol. The second kappa shape index (κ2) is 4.62. The van der Waals surface area contributed by atoms with E-state index in [1.165, 1.54) is 36.2 Å². The van der Waals surface area contributed by atoms with Crippen LogP contribution < -0.4 is 4.90 Å². The van der Waals surface area contributed by atoms with Crippen LogP contribution >= 0.6 is 0 Å². The fourth-order valence-electron chi connectivity index (χ4n) is 2.47. The summed E-state index contributed by atoms with van der Waals surface area (Å²) in [7, 11) is 0. The largest absolute Gasteiger partial charge is 0.367 e. The molecule has 1 nitrogen and oxygen atoms in total. The summed E-state index contributed by atoms with van der Waals surface area (Å²) in [5.41, 5.74) is 4.37. The summed E-state index contributed by atoms with van der Waals surface area (Å²) in [5.74, 6) is 0. The van der Waals surface area contributed by atoms with Crippen molar-refractivity contribution in [2.75, 3.05) is 11.4 Å². The van der Waals surface area contributed by atoms with Crippen LogP contribution in [0.25, 0.3) is 0 Å². The van der Waals surface area contributed by atoms with E-state index in [9.17, 15) is 0 Å². The first-order valence-corrected chi connectivity index (χ1v) is 6.30. The van der Waals surface area contributed by atoms with E-state index in [0.717, 1.165) is 6.54 Å². The molecule has 0 saturated heterocycles. The molecule has 0 spiro atoms. The minimum absolute atomic E-state index is 1.13. The third kappa shape index (κ3) is 2.19. The molecule has 1 aliphatic rings. The highest BCUT2D eigenvalue weighted by molar-refractivity contribution is 5.62. The Kier molecular flexibility index (Phi) is 2.83. The number of rotatable bonds is 4. The smallest absolute Gasteiger partial charge is 0.0450 e. The Hall–Kier alpha value is -1.76. The van der Waals surface area contributed by atoms with Gasteiger partial charge in [-0.15, -0.1) is 0 Å². The van der Waals surface area contributed by atoms with Crippen molar-refractivity contribution in [3.05, 3.63) is 65.7 Å². The molecule has 0 atom stereocenters. The van der Waals surface area contributed by atoms with Crippen molar-refractivity contribution < 1.29 is 0 Å². The lowest BCUT2D eigenvalue weighted by atomic mass is 10.0. The molecule has 2 aromatic rings. The molecule has 0 fully saturated rings. The van der Waals surface area contributed by atoms with E-state index in [0.29, 0.717) is 0 Å². The maximum Gasteiger partial charge on any atom is 0.0450 e. The van der Waals surface area contributed by atoms with Gasteiger partial charge < -0.3 is 4.90 Å². The molecule has 86 valence electrons. The van der Waals surface area contributed by atoms with Gasteiger partial charge in [0.05, 0.1) is 0 Å². The SMILES string of the molecule is c1ccc(CCCN2Cc3ccccc32)cc1. The number of hydrogen-bond donors (Lipinski definition) is 0. The number of benzene rings is 2. The molecule has 0 saturated carbocycles. The molecule has 1 heteroatoms. The predicted molar refractivity (Wildman–Crippen MR) is 72.3 cm³/mol. The van der Waals surface area contributed by atoms with Crippen molar-refractivity contribution in [1.29, 1.82) is 0 Å². The lowest BCUT2D eigenvalue weighted by Gasteiger charge is -2.36. The summed E-state index contributed by atoms with van der Waals surface area (Å²) in [6.45, 7) is 2.30. The van der Waals surface area contributed by atoms with Crippen LogP contribution in [0.2, 0.25) is 0 Å². The van der Waals surface area contributed by atoms with Gasteiger partial charge in [-0.25, -0.2) is 0 Å². The summed E-state index contributed by atoms with van der Waals surface area (Å²) in [6, 6.07) is 19.4. The topological polar surface area (TPSA) is 3.24 Å². The van der Waals surface area contributed by atoms with Gasteiger partial charge >= 0.3 is 0 Å². The Balaban J connectivity index is 1.51. The normalized spacial score (nSPS) is 13.1. The maximum absolute atomic E-state index is 2.47. The van der Waals surface area contributed by atoms with Gasteiger partial charge in [0.2, 0.25) is 0 Å². The molecule has 2 aromatic carbocycles. The second-order valence-corrected chi connectivity index (χ2v) is 4.64. The summed E-state index contributed by atoms with van der Waals surface area (Å²) in [4.78, 5) is 2.47. The van der Waals surface area contributed by atoms with Crippen LogP contribution in [0.15, 0.2) is 54.6 Å². The number of aryl methyl sites for hydroxylation is 1. The van der Waals surface area contributed by atoms with Gasteiger partial charge in [-0.05, 0) is 30.0 Å². The minimum Gasteiger partial charge on any atom is -0.367 e. The van der Waals surface area contributed by atoms with Gasteiger partial charge in [-0.2, -0.15) is 0 Å². The van der Waals surface area contributed by atoms with E-state index in [2.05, 4.69) is 59.5 Å². The zero-order valence-electron chi connectivity index (χ0n) is 9.97.